The molecular formula is C8H13BrN4O3S. The van der Waals surface area contributed by atoms with Crippen LogP contribution in [-0.4, -0.2) is 53.5 Å². The van der Waals surface area contributed by atoms with Gasteiger partial charge in [-0.3, -0.25) is 0 Å². The van der Waals surface area contributed by atoms with Crippen molar-refractivity contribution < 1.29 is 13.2 Å². The van der Waals surface area contributed by atoms with Crippen molar-refractivity contribution >= 4 is 26.0 Å². The van der Waals surface area contributed by atoms with Gasteiger partial charge in [-0.25, -0.2) is 13.1 Å². The van der Waals surface area contributed by atoms with Crippen molar-refractivity contribution in [3.63, 3.8) is 0 Å². The topological polar surface area (TPSA) is 77.3 Å². The van der Waals surface area contributed by atoms with Gasteiger partial charge in [0.25, 0.3) is 10.0 Å². The zero-order chi connectivity index (χ0) is 12.6. The van der Waals surface area contributed by atoms with Crippen LogP contribution in [0.1, 0.15) is 6.92 Å². The Balaban J connectivity index is 2.42. The highest BCUT2D eigenvalue weighted by Crippen LogP contribution is 2.24. The number of aryl methyl sites for hydroxylation is 1. The van der Waals surface area contributed by atoms with E-state index in [0.717, 1.165) is 0 Å². The Bertz CT molecular complexity index is 495. The molecule has 2 heterocycles. The van der Waals surface area contributed by atoms with Crippen LogP contribution in [0.5, 0.6) is 0 Å². The average molecular weight is 325 g/mol. The molecule has 17 heavy (non-hydrogen) atoms. The maximum Gasteiger partial charge on any atom is 0.263 e. The predicted octanol–water partition coefficient (Wildman–Crippen LogP) is -0.0130. The molecular weight excluding hydrogens is 312 g/mol. The Hall–Kier alpha value is -0.510. The third kappa shape index (κ3) is 2.24. The van der Waals surface area contributed by atoms with E-state index in [1.165, 1.54) is 8.99 Å². The molecule has 96 valence electrons. The predicted molar refractivity (Wildman–Crippen MR) is 62.9 cm³/mol. The molecule has 0 aliphatic carbocycles. The van der Waals surface area contributed by atoms with E-state index in [1.807, 2.05) is 6.92 Å². The van der Waals surface area contributed by atoms with Gasteiger partial charge in [0, 0.05) is 19.6 Å². The summed E-state index contributed by atoms with van der Waals surface area (Å²) < 4.78 is 33.0. The van der Waals surface area contributed by atoms with Gasteiger partial charge in [0.15, 0.2) is 4.60 Å². The van der Waals surface area contributed by atoms with Crippen molar-refractivity contribution in [2.24, 2.45) is 7.05 Å². The monoisotopic (exact) mass is 324 g/mol. The Kier molecular flexibility index (Phi) is 3.53. The molecule has 1 fully saturated rings. The maximum absolute atomic E-state index is 12.4. The summed E-state index contributed by atoms with van der Waals surface area (Å²) in [6.45, 7) is 2.98. The fraction of sp³-hybridized carbons (Fsp3) is 0.750. The third-order valence-corrected chi connectivity index (χ3v) is 5.50. The third-order valence-electron chi connectivity index (χ3n) is 2.60. The molecule has 0 amide bonds. The van der Waals surface area contributed by atoms with Gasteiger partial charge in [-0.1, -0.05) is 5.21 Å². The highest BCUT2D eigenvalue weighted by molar-refractivity contribution is 9.10. The van der Waals surface area contributed by atoms with Crippen LogP contribution in [0.15, 0.2) is 9.63 Å². The molecule has 0 radical (unpaired) electrons. The second-order valence-electron chi connectivity index (χ2n) is 3.85. The van der Waals surface area contributed by atoms with Crippen LogP contribution in [-0.2, 0) is 21.8 Å². The summed E-state index contributed by atoms with van der Waals surface area (Å²) in [7, 11) is -2.03. The first-order valence-electron chi connectivity index (χ1n) is 5.09. The molecule has 1 unspecified atom stereocenters. The molecule has 7 nitrogen and oxygen atoms in total. The van der Waals surface area contributed by atoms with E-state index in [4.69, 9.17) is 4.74 Å². The molecule has 2 rings (SSSR count). The number of halogens is 1. The normalized spacial score (nSPS) is 22.9. The highest BCUT2D eigenvalue weighted by atomic mass is 79.9. The Morgan fingerprint density at radius 1 is 1.53 bits per heavy atom. The van der Waals surface area contributed by atoms with Gasteiger partial charge in [0.2, 0.25) is 5.03 Å². The van der Waals surface area contributed by atoms with Crippen molar-refractivity contribution in [3.8, 4) is 0 Å². The molecule has 0 N–H and O–H groups in total. The summed E-state index contributed by atoms with van der Waals surface area (Å²) in [5.74, 6) is 0. The van der Waals surface area contributed by atoms with Crippen molar-refractivity contribution in [3.05, 3.63) is 4.60 Å². The van der Waals surface area contributed by atoms with Crippen molar-refractivity contribution in [1.29, 1.82) is 0 Å². The van der Waals surface area contributed by atoms with Crippen molar-refractivity contribution in [2.45, 2.75) is 18.0 Å². The summed E-state index contributed by atoms with van der Waals surface area (Å²) in [5.41, 5.74) is 0. The van der Waals surface area contributed by atoms with Crippen molar-refractivity contribution in [1.82, 2.24) is 19.3 Å². The van der Waals surface area contributed by atoms with Crippen LogP contribution in [0, 0.1) is 0 Å². The lowest BCUT2D eigenvalue weighted by molar-refractivity contribution is 0.0390. The Morgan fingerprint density at radius 2 is 2.24 bits per heavy atom. The number of aromatic nitrogens is 3. The largest absolute Gasteiger partial charge is 0.378 e. The molecule has 1 aliphatic heterocycles. The first-order chi connectivity index (χ1) is 7.94. The smallest absolute Gasteiger partial charge is 0.263 e. The molecule has 0 saturated carbocycles. The van der Waals surface area contributed by atoms with E-state index >= 15 is 0 Å². The lowest BCUT2D eigenvalue weighted by atomic mass is 10.3. The van der Waals surface area contributed by atoms with Gasteiger partial charge in [-0.05, 0) is 22.9 Å². The molecule has 9 heteroatoms. The second-order valence-corrected chi connectivity index (χ2v) is 6.41. The van der Waals surface area contributed by atoms with E-state index in [0.29, 0.717) is 19.8 Å². The molecule has 0 bridgehead atoms. The van der Waals surface area contributed by atoms with Crippen LogP contribution in [0.25, 0.3) is 0 Å². The number of nitrogens with zero attached hydrogens (tertiary/aromatic N) is 4. The average Bonchev–Trinajstić information content (AvgIpc) is 2.59. The number of rotatable bonds is 2. The van der Waals surface area contributed by atoms with Crippen LogP contribution in [0.2, 0.25) is 0 Å². The van der Waals surface area contributed by atoms with E-state index < -0.39 is 10.0 Å². The minimum atomic E-state index is -3.58. The number of ether oxygens (including phenoxy) is 1. The molecule has 0 aromatic carbocycles. The Labute approximate surface area is 108 Å². The summed E-state index contributed by atoms with van der Waals surface area (Å²) >= 11 is 3.11. The summed E-state index contributed by atoms with van der Waals surface area (Å²) in [6, 6.07) is -0.185. The van der Waals surface area contributed by atoms with Crippen molar-refractivity contribution in [2.75, 3.05) is 19.8 Å². The van der Waals surface area contributed by atoms with Gasteiger partial charge in [0.1, 0.15) is 0 Å². The first kappa shape index (κ1) is 12.9. The fourth-order valence-corrected chi connectivity index (χ4v) is 4.41. The van der Waals surface area contributed by atoms with Crippen LogP contribution < -0.4 is 0 Å². The molecule has 1 aliphatic rings. The summed E-state index contributed by atoms with van der Waals surface area (Å²) in [4.78, 5) is 0. The maximum atomic E-state index is 12.4. The fourth-order valence-electron chi connectivity index (χ4n) is 1.78. The van der Waals surface area contributed by atoms with Crippen LogP contribution >= 0.6 is 15.9 Å². The van der Waals surface area contributed by atoms with Gasteiger partial charge >= 0.3 is 0 Å². The van der Waals surface area contributed by atoms with Crippen LogP contribution in [0.4, 0.5) is 0 Å². The second kappa shape index (κ2) is 4.63. The van der Waals surface area contributed by atoms with E-state index in [9.17, 15) is 8.42 Å². The van der Waals surface area contributed by atoms with E-state index in [1.54, 1.807) is 7.05 Å². The minimum Gasteiger partial charge on any atom is -0.378 e. The van der Waals surface area contributed by atoms with Gasteiger partial charge in [0.05, 0.1) is 13.2 Å². The highest BCUT2D eigenvalue weighted by Gasteiger charge is 2.35. The SMILES string of the molecule is CC1COCCN1S(=O)(=O)c1c(Br)nnn1C. The van der Waals surface area contributed by atoms with E-state index in [-0.39, 0.29) is 15.7 Å². The lowest BCUT2D eigenvalue weighted by Crippen LogP contribution is -2.47. The summed E-state index contributed by atoms with van der Waals surface area (Å²) in [6.07, 6.45) is 0. The number of hydrogen-bond donors (Lipinski definition) is 0. The van der Waals surface area contributed by atoms with E-state index in [2.05, 4.69) is 26.2 Å². The quantitative estimate of drug-likeness (QED) is 0.764. The standard InChI is InChI=1S/C8H13BrN4O3S/c1-6-5-16-4-3-13(6)17(14,15)8-7(9)10-11-12(8)2/h6H,3-5H2,1-2H3. The summed E-state index contributed by atoms with van der Waals surface area (Å²) in [5, 5.41) is 7.46. The molecule has 1 aromatic rings. The zero-order valence-electron chi connectivity index (χ0n) is 9.50. The van der Waals surface area contributed by atoms with Gasteiger partial charge < -0.3 is 4.74 Å². The molecule has 1 saturated heterocycles. The zero-order valence-corrected chi connectivity index (χ0v) is 11.9. The van der Waals surface area contributed by atoms with Gasteiger partial charge in [-0.2, -0.15) is 4.31 Å². The lowest BCUT2D eigenvalue weighted by Gasteiger charge is -2.31. The first-order valence-corrected chi connectivity index (χ1v) is 7.32. The number of sulfonamides is 1. The Morgan fingerprint density at radius 3 is 2.76 bits per heavy atom. The number of hydrogen-bond acceptors (Lipinski definition) is 5. The van der Waals surface area contributed by atoms with Gasteiger partial charge in [-0.15, -0.1) is 5.10 Å². The molecule has 1 aromatic heterocycles. The minimum absolute atomic E-state index is 0.0752. The van der Waals surface area contributed by atoms with Crippen LogP contribution in [0.3, 0.4) is 0 Å². The molecule has 0 spiro atoms. The molecule has 1 atom stereocenters. The number of morpholine rings is 1.